The number of rotatable bonds is 2. The van der Waals surface area contributed by atoms with Crippen LogP contribution in [0.1, 0.15) is 6.42 Å². The molecule has 2 heterocycles. The molecule has 0 aromatic carbocycles. The van der Waals surface area contributed by atoms with E-state index in [0.717, 1.165) is 11.9 Å². The molecule has 1 fully saturated rings. The molecule has 84 valence electrons. The first-order valence-corrected chi connectivity index (χ1v) is 6.52. The molecular formula is C10H8Cl2N2OS. The number of aromatic nitrogens is 2. The van der Waals surface area contributed by atoms with Gasteiger partial charge in [0.25, 0.3) is 5.56 Å². The monoisotopic (exact) mass is 274 g/mol. The summed E-state index contributed by atoms with van der Waals surface area (Å²) in [4.78, 5) is 16.2. The van der Waals surface area contributed by atoms with Crippen molar-refractivity contribution in [3.05, 3.63) is 28.1 Å². The maximum atomic E-state index is 12.0. The second kappa shape index (κ2) is 3.45. The molecule has 0 spiro atoms. The summed E-state index contributed by atoms with van der Waals surface area (Å²) in [5, 5.41) is 1.87. The van der Waals surface area contributed by atoms with Crippen LogP contribution < -0.4 is 5.56 Å². The number of thiophene rings is 1. The topological polar surface area (TPSA) is 34.9 Å². The van der Waals surface area contributed by atoms with Crippen LogP contribution in [0.2, 0.25) is 0 Å². The Balaban J connectivity index is 1.98. The first-order chi connectivity index (χ1) is 7.58. The van der Waals surface area contributed by atoms with E-state index in [0.29, 0.717) is 11.2 Å². The number of halogens is 2. The van der Waals surface area contributed by atoms with E-state index in [1.807, 2.05) is 11.4 Å². The summed E-state index contributed by atoms with van der Waals surface area (Å²) in [5.74, 6) is 0.160. The van der Waals surface area contributed by atoms with Crippen LogP contribution in [0.3, 0.4) is 0 Å². The van der Waals surface area contributed by atoms with Crippen molar-refractivity contribution in [1.29, 1.82) is 0 Å². The summed E-state index contributed by atoms with van der Waals surface area (Å²) in [6.07, 6.45) is 2.31. The molecule has 0 amide bonds. The highest BCUT2D eigenvalue weighted by atomic mass is 35.5. The van der Waals surface area contributed by atoms with Gasteiger partial charge >= 0.3 is 0 Å². The number of nitrogens with zero attached hydrogens (tertiary/aromatic N) is 2. The van der Waals surface area contributed by atoms with Crippen molar-refractivity contribution in [2.45, 2.75) is 17.3 Å². The Morgan fingerprint density at radius 2 is 2.38 bits per heavy atom. The quantitative estimate of drug-likeness (QED) is 0.790. The summed E-state index contributed by atoms with van der Waals surface area (Å²) >= 11 is 13.3. The van der Waals surface area contributed by atoms with Crippen LogP contribution in [0.4, 0.5) is 0 Å². The predicted octanol–water partition coefficient (Wildman–Crippen LogP) is 2.65. The fraction of sp³-hybridized carbons (Fsp3) is 0.400. The minimum absolute atomic E-state index is 0.00367. The molecule has 1 atom stereocenters. The van der Waals surface area contributed by atoms with Crippen LogP contribution in [-0.2, 0) is 6.54 Å². The van der Waals surface area contributed by atoms with Crippen molar-refractivity contribution < 1.29 is 0 Å². The van der Waals surface area contributed by atoms with Crippen LogP contribution in [0.5, 0.6) is 0 Å². The lowest BCUT2D eigenvalue weighted by molar-refractivity contribution is 0.598. The molecule has 1 aliphatic carbocycles. The lowest BCUT2D eigenvalue weighted by atomic mass is 10.4. The third-order valence-electron chi connectivity index (χ3n) is 2.81. The van der Waals surface area contributed by atoms with E-state index in [2.05, 4.69) is 4.98 Å². The minimum Gasteiger partial charge on any atom is -0.298 e. The second-order valence-electron chi connectivity index (χ2n) is 4.00. The number of fused-ring (bicyclic) bond motifs is 1. The third kappa shape index (κ3) is 1.65. The van der Waals surface area contributed by atoms with E-state index in [4.69, 9.17) is 23.2 Å². The largest absolute Gasteiger partial charge is 0.298 e. The smallest absolute Gasteiger partial charge is 0.271 e. The maximum absolute atomic E-state index is 12.0. The van der Waals surface area contributed by atoms with Gasteiger partial charge in [-0.05, 0) is 17.9 Å². The molecule has 1 unspecified atom stereocenters. The van der Waals surface area contributed by atoms with E-state index >= 15 is 0 Å². The van der Waals surface area contributed by atoms with Crippen LogP contribution in [0, 0.1) is 5.92 Å². The van der Waals surface area contributed by atoms with E-state index in [1.165, 1.54) is 11.3 Å². The highest BCUT2D eigenvalue weighted by Gasteiger charge is 2.51. The lowest BCUT2D eigenvalue weighted by Gasteiger charge is -2.04. The minimum atomic E-state index is -0.649. The molecule has 6 heteroatoms. The molecule has 3 nitrogen and oxygen atoms in total. The highest BCUT2D eigenvalue weighted by Crippen LogP contribution is 2.53. The summed E-state index contributed by atoms with van der Waals surface area (Å²) in [6, 6.07) is 1.84. The number of alkyl halides is 2. The first kappa shape index (κ1) is 10.6. The van der Waals surface area contributed by atoms with Gasteiger partial charge in [-0.1, -0.05) is 0 Å². The molecule has 2 aromatic heterocycles. The fourth-order valence-electron chi connectivity index (χ4n) is 1.71. The molecular weight excluding hydrogens is 267 g/mol. The summed E-state index contributed by atoms with van der Waals surface area (Å²) in [6.45, 7) is 0.548. The molecule has 0 radical (unpaired) electrons. The molecule has 0 bridgehead atoms. The Morgan fingerprint density at radius 3 is 3.06 bits per heavy atom. The zero-order valence-corrected chi connectivity index (χ0v) is 10.5. The van der Waals surface area contributed by atoms with Gasteiger partial charge < -0.3 is 0 Å². The van der Waals surface area contributed by atoms with Gasteiger partial charge in [0.1, 0.15) is 9.03 Å². The molecule has 16 heavy (non-hydrogen) atoms. The van der Waals surface area contributed by atoms with Gasteiger partial charge in [-0.25, -0.2) is 4.98 Å². The SMILES string of the molecule is O=c1c2sccc2ncn1CC1CC1(Cl)Cl. The first-order valence-electron chi connectivity index (χ1n) is 4.88. The number of hydrogen-bond donors (Lipinski definition) is 0. The van der Waals surface area contributed by atoms with Crippen LogP contribution in [0.15, 0.2) is 22.6 Å². The van der Waals surface area contributed by atoms with Gasteiger partial charge in [0.05, 0.1) is 11.8 Å². The summed E-state index contributed by atoms with van der Waals surface area (Å²) in [5.41, 5.74) is 0.751. The Hall–Kier alpha value is -0.580. The van der Waals surface area contributed by atoms with Crippen molar-refractivity contribution in [3.8, 4) is 0 Å². The molecule has 2 aromatic rings. The average Bonchev–Trinajstić information content (AvgIpc) is 2.66. The van der Waals surface area contributed by atoms with Gasteiger partial charge in [0, 0.05) is 12.5 Å². The van der Waals surface area contributed by atoms with Gasteiger partial charge in [0.15, 0.2) is 0 Å². The fourth-order valence-corrected chi connectivity index (χ4v) is 3.02. The average molecular weight is 275 g/mol. The van der Waals surface area contributed by atoms with Crippen molar-refractivity contribution in [2.24, 2.45) is 5.92 Å². The molecule has 3 rings (SSSR count). The second-order valence-corrected chi connectivity index (χ2v) is 6.46. The van der Waals surface area contributed by atoms with Gasteiger partial charge in [-0.3, -0.25) is 9.36 Å². The Bertz CT molecular complexity index is 604. The maximum Gasteiger partial charge on any atom is 0.271 e. The highest BCUT2D eigenvalue weighted by molar-refractivity contribution is 7.17. The molecule has 0 N–H and O–H groups in total. The standard InChI is InChI=1S/C10H8Cl2N2OS/c11-10(12)3-6(10)4-14-5-13-7-1-2-16-8(7)9(14)15/h1-2,5-6H,3-4H2. The van der Waals surface area contributed by atoms with E-state index in [-0.39, 0.29) is 11.5 Å². The Kier molecular flexibility index (Phi) is 2.28. The van der Waals surface area contributed by atoms with Crippen LogP contribution in [0.25, 0.3) is 10.2 Å². The van der Waals surface area contributed by atoms with Crippen LogP contribution >= 0.6 is 34.5 Å². The Morgan fingerprint density at radius 1 is 1.62 bits per heavy atom. The van der Waals surface area contributed by atoms with E-state index in [1.54, 1.807) is 10.9 Å². The zero-order chi connectivity index (χ0) is 11.3. The van der Waals surface area contributed by atoms with Gasteiger partial charge in [-0.15, -0.1) is 34.5 Å². The predicted molar refractivity (Wildman–Crippen MR) is 66.4 cm³/mol. The number of hydrogen-bond acceptors (Lipinski definition) is 3. The van der Waals surface area contributed by atoms with E-state index in [9.17, 15) is 4.79 Å². The molecule has 0 aliphatic heterocycles. The van der Waals surface area contributed by atoms with Crippen LogP contribution in [-0.4, -0.2) is 13.9 Å². The summed E-state index contributed by atoms with van der Waals surface area (Å²) < 4.78 is 1.64. The third-order valence-corrected chi connectivity index (χ3v) is 4.63. The van der Waals surface area contributed by atoms with Gasteiger partial charge in [0.2, 0.25) is 0 Å². The van der Waals surface area contributed by atoms with E-state index < -0.39 is 4.33 Å². The normalized spacial score (nSPS) is 22.5. The van der Waals surface area contributed by atoms with Gasteiger partial charge in [-0.2, -0.15) is 0 Å². The zero-order valence-electron chi connectivity index (χ0n) is 8.19. The van der Waals surface area contributed by atoms with Crippen molar-refractivity contribution in [2.75, 3.05) is 0 Å². The summed E-state index contributed by atoms with van der Waals surface area (Å²) in [7, 11) is 0. The van der Waals surface area contributed by atoms with Crippen molar-refractivity contribution in [3.63, 3.8) is 0 Å². The molecule has 1 saturated carbocycles. The lowest BCUT2D eigenvalue weighted by Crippen LogP contribution is -2.21. The van der Waals surface area contributed by atoms with Crippen molar-refractivity contribution in [1.82, 2.24) is 9.55 Å². The molecule has 0 saturated heterocycles. The molecule has 1 aliphatic rings. The van der Waals surface area contributed by atoms with Crippen molar-refractivity contribution >= 4 is 44.8 Å². The Labute approximate surface area is 106 Å².